The number of benzene rings is 1. The lowest BCUT2D eigenvalue weighted by Gasteiger charge is -2.39. The highest BCUT2D eigenvalue weighted by Crippen LogP contribution is 2.34. The SMILES string of the molecule is OCc1ccc(N2CCOC3CCCC32)cc1Cl. The predicted octanol–water partition coefficient (Wildman–Crippen LogP) is 2.59. The van der Waals surface area contributed by atoms with Gasteiger partial charge in [0, 0.05) is 17.3 Å². The number of aliphatic hydroxyl groups is 1. The fourth-order valence-corrected chi connectivity index (χ4v) is 3.32. The van der Waals surface area contributed by atoms with E-state index >= 15 is 0 Å². The topological polar surface area (TPSA) is 32.7 Å². The zero-order chi connectivity index (χ0) is 12.5. The van der Waals surface area contributed by atoms with Crippen LogP contribution in [0, 0.1) is 0 Å². The Morgan fingerprint density at radius 1 is 1.39 bits per heavy atom. The van der Waals surface area contributed by atoms with Crippen LogP contribution in [-0.2, 0) is 11.3 Å². The van der Waals surface area contributed by atoms with Crippen molar-refractivity contribution < 1.29 is 9.84 Å². The van der Waals surface area contributed by atoms with Crippen LogP contribution >= 0.6 is 11.6 Å². The lowest BCUT2D eigenvalue weighted by Crippen LogP contribution is -2.48. The van der Waals surface area contributed by atoms with Gasteiger partial charge in [-0.25, -0.2) is 0 Å². The van der Waals surface area contributed by atoms with Crippen LogP contribution in [-0.4, -0.2) is 30.4 Å². The fraction of sp³-hybridized carbons (Fsp3) is 0.571. The molecule has 1 aliphatic heterocycles. The summed E-state index contributed by atoms with van der Waals surface area (Å²) in [5.74, 6) is 0. The number of aliphatic hydroxyl groups excluding tert-OH is 1. The molecule has 3 rings (SSSR count). The maximum absolute atomic E-state index is 9.15. The Hall–Kier alpha value is -0.770. The molecule has 0 bridgehead atoms. The zero-order valence-corrected chi connectivity index (χ0v) is 11.1. The van der Waals surface area contributed by atoms with Gasteiger partial charge in [-0.15, -0.1) is 0 Å². The number of hydrogen-bond donors (Lipinski definition) is 1. The third-order valence-electron chi connectivity index (χ3n) is 4.02. The molecule has 0 aromatic heterocycles. The summed E-state index contributed by atoms with van der Waals surface area (Å²) in [6, 6.07) is 6.43. The summed E-state index contributed by atoms with van der Waals surface area (Å²) in [5.41, 5.74) is 1.94. The second kappa shape index (κ2) is 5.08. The van der Waals surface area contributed by atoms with Crippen molar-refractivity contribution >= 4 is 17.3 Å². The molecule has 1 heterocycles. The smallest absolute Gasteiger partial charge is 0.0779 e. The summed E-state index contributed by atoms with van der Waals surface area (Å²) in [5, 5.41) is 9.80. The van der Waals surface area contributed by atoms with E-state index in [1.807, 2.05) is 12.1 Å². The number of fused-ring (bicyclic) bond motifs is 1. The molecule has 0 spiro atoms. The number of morpholine rings is 1. The quantitative estimate of drug-likeness (QED) is 0.894. The fourth-order valence-electron chi connectivity index (χ4n) is 3.09. The van der Waals surface area contributed by atoms with Gasteiger partial charge >= 0.3 is 0 Å². The van der Waals surface area contributed by atoms with Crippen molar-refractivity contribution in [2.24, 2.45) is 0 Å². The second-order valence-electron chi connectivity index (χ2n) is 5.03. The molecular weight excluding hydrogens is 250 g/mol. The van der Waals surface area contributed by atoms with Crippen LogP contribution in [0.5, 0.6) is 0 Å². The molecule has 2 aliphatic rings. The zero-order valence-electron chi connectivity index (χ0n) is 10.3. The van der Waals surface area contributed by atoms with E-state index in [0.717, 1.165) is 24.4 Å². The van der Waals surface area contributed by atoms with E-state index < -0.39 is 0 Å². The van der Waals surface area contributed by atoms with Gasteiger partial charge in [0.1, 0.15) is 0 Å². The first kappa shape index (κ1) is 12.3. The number of nitrogens with zero attached hydrogens (tertiary/aromatic N) is 1. The summed E-state index contributed by atoms with van der Waals surface area (Å²) in [6.07, 6.45) is 4.00. The maximum atomic E-state index is 9.15. The van der Waals surface area contributed by atoms with Crippen molar-refractivity contribution in [1.82, 2.24) is 0 Å². The summed E-state index contributed by atoms with van der Waals surface area (Å²) >= 11 is 6.17. The summed E-state index contributed by atoms with van der Waals surface area (Å²) in [6.45, 7) is 1.71. The molecule has 18 heavy (non-hydrogen) atoms. The first-order valence-corrected chi connectivity index (χ1v) is 6.95. The van der Waals surface area contributed by atoms with E-state index in [0.29, 0.717) is 17.2 Å². The molecule has 2 fully saturated rings. The van der Waals surface area contributed by atoms with E-state index in [2.05, 4.69) is 11.0 Å². The van der Waals surface area contributed by atoms with Gasteiger partial charge < -0.3 is 14.7 Å². The van der Waals surface area contributed by atoms with Gasteiger partial charge in [0.25, 0.3) is 0 Å². The van der Waals surface area contributed by atoms with Crippen molar-refractivity contribution in [2.45, 2.75) is 38.0 Å². The van der Waals surface area contributed by atoms with Gasteiger partial charge in [-0.05, 0) is 37.0 Å². The van der Waals surface area contributed by atoms with Crippen LogP contribution in [0.15, 0.2) is 18.2 Å². The minimum absolute atomic E-state index is 0.00568. The molecule has 4 heteroatoms. The Morgan fingerprint density at radius 3 is 3.06 bits per heavy atom. The molecule has 1 aliphatic carbocycles. The lowest BCUT2D eigenvalue weighted by atomic mass is 10.1. The minimum Gasteiger partial charge on any atom is -0.392 e. The number of rotatable bonds is 2. The third-order valence-corrected chi connectivity index (χ3v) is 4.37. The Balaban J connectivity index is 1.87. The Labute approximate surface area is 112 Å². The largest absolute Gasteiger partial charge is 0.392 e. The summed E-state index contributed by atoms with van der Waals surface area (Å²) < 4.78 is 5.81. The van der Waals surface area contributed by atoms with Crippen LogP contribution in [0.4, 0.5) is 5.69 Å². The highest BCUT2D eigenvalue weighted by atomic mass is 35.5. The standard InChI is InChI=1S/C14H18ClNO2/c15-12-8-11(5-4-10(12)9-17)16-6-7-18-14-3-1-2-13(14)16/h4-5,8,13-14,17H,1-3,6-7,9H2. The Kier molecular flexibility index (Phi) is 3.46. The van der Waals surface area contributed by atoms with Gasteiger partial charge in [0.05, 0.1) is 25.4 Å². The third kappa shape index (κ3) is 2.11. The van der Waals surface area contributed by atoms with Crippen LogP contribution in [0.1, 0.15) is 24.8 Å². The lowest BCUT2D eigenvalue weighted by molar-refractivity contribution is 0.0256. The second-order valence-corrected chi connectivity index (χ2v) is 5.44. The first-order valence-electron chi connectivity index (χ1n) is 6.57. The van der Waals surface area contributed by atoms with E-state index in [1.165, 1.54) is 19.3 Å². The van der Waals surface area contributed by atoms with Crippen molar-refractivity contribution in [2.75, 3.05) is 18.1 Å². The first-order chi connectivity index (χ1) is 8.79. The van der Waals surface area contributed by atoms with Crippen molar-refractivity contribution in [3.8, 4) is 0 Å². The molecular formula is C14H18ClNO2. The van der Waals surface area contributed by atoms with Gasteiger partial charge in [0.15, 0.2) is 0 Å². The number of ether oxygens (including phenoxy) is 1. The van der Waals surface area contributed by atoms with Crippen LogP contribution in [0.25, 0.3) is 0 Å². The summed E-state index contributed by atoms with van der Waals surface area (Å²) in [4.78, 5) is 2.41. The van der Waals surface area contributed by atoms with E-state index in [9.17, 15) is 0 Å². The molecule has 2 unspecified atom stereocenters. The minimum atomic E-state index is -0.00568. The molecule has 1 N–H and O–H groups in total. The van der Waals surface area contributed by atoms with Gasteiger partial charge in [0.2, 0.25) is 0 Å². The van der Waals surface area contributed by atoms with Crippen LogP contribution < -0.4 is 4.90 Å². The number of hydrogen-bond acceptors (Lipinski definition) is 3. The molecule has 1 aromatic rings. The Bertz CT molecular complexity index is 438. The van der Waals surface area contributed by atoms with Gasteiger partial charge in [-0.1, -0.05) is 17.7 Å². The Morgan fingerprint density at radius 2 is 2.28 bits per heavy atom. The van der Waals surface area contributed by atoms with E-state index in [-0.39, 0.29) is 6.61 Å². The molecule has 1 saturated carbocycles. The predicted molar refractivity (Wildman–Crippen MR) is 72.1 cm³/mol. The van der Waals surface area contributed by atoms with Crippen molar-refractivity contribution in [3.05, 3.63) is 28.8 Å². The molecule has 2 atom stereocenters. The van der Waals surface area contributed by atoms with Crippen LogP contribution in [0.3, 0.4) is 0 Å². The normalized spacial score (nSPS) is 27.3. The monoisotopic (exact) mass is 267 g/mol. The average Bonchev–Trinajstić information content (AvgIpc) is 2.86. The van der Waals surface area contributed by atoms with Crippen molar-refractivity contribution in [3.63, 3.8) is 0 Å². The highest BCUT2D eigenvalue weighted by molar-refractivity contribution is 6.31. The van der Waals surface area contributed by atoms with Gasteiger partial charge in [-0.2, -0.15) is 0 Å². The number of halogens is 1. The molecule has 3 nitrogen and oxygen atoms in total. The molecule has 1 saturated heterocycles. The maximum Gasteiger partial charge on any atom is 0.0779 e. The van der Waals surface area contributed by atoms with E-state index in [4.69, 9.17) is 21.4 Å². The van der Waals surface area contributed by atoms with E-state index in [1.54, 1.807) is 0 Å². The van der Waals surface area contributed by atoms with Gasteiger partial charge in [-0.3, -0.25) is 0 Å². The molecule has 0 radical (unpaired) electrons. The average molecular weight is 268 g/mol. The summed E-state index contributed by atoms with van der Waals surface area (Å²) in [7, 11) is 0. The van der Waals surface area contributed by atoms with Crippen molar-refractivity contribution in [1.29, 1.82) is 0 Å². The molecule has 98 valence electrons. The highest BCUT2D eigenvalue weighted by Gasteiger charge is 2.36. The molecule has 1 aromatic carbocycles. The molecule has 0 amide bonds. The number of anilines is 1. The van der Waals surface area contributed by atoms with Crippen LogP contribution in [0.2, 0.25) is 5.02 Å².